The van der Waals surface area contributed by atoms with E-state index in [0.29, 0.717) is 5.92 Å². The Morgan fingerprint density at radius 1 is 1.29 bits per heavy atom. The third-order valence-corrected chi connectivity index (χ3v) is 3.24. The zero-order chi connectivity index (χ0) is 12.3. The summed E-state index contributed by atoms with van der Waals surface area (Å²) < 4.78 is 1.76. The van der Waals surface area contributed by atoms with Crippen LogP contribution in [-0.4, -0.2) is 26.3 Å². The number of aromatic nitrogens is 4. The van der Waals surface area contributed by atoms with Gasteiger partial charge in [-0.1, -0.05) is 26.7 Å². The maximum Gasteiger partial charge on any atom is 0.163 e. The first-order valence-electron chi connectivity index (χ1n) is 6.12. The van der Waals surface area contributed by atoms with Crippen molar-refractivity contribution in [1.29, 1.82) is 0 Å². The van der Waals surface area contributed by atoms with Crippen LogP contribution in [0.25, 0.3) is 11.0 Å². The molecule has 0 saturated carbocycles. The van der Waals surface area contributed by atoms with Crippen LogP contribution in [0.1, 0.15) is 26.7 Å². The van der Waals surface area contributed by atoms with E-state index >= 15 is 0 Å². The van der Waals surface area contributed by atoms with Crippen molar-refractivity contribution in [2.24, 2.45) is 13.0 Å². The minimum atomic E-state index is 0.691. The summed E-state index contributed by atoms with van der Waals surface area (Å²) in [5.74, 6) is 1.58. The first-order chi connectivity index (χ1) is 8.26. The average molecular weight is 233 g/mol. The number of hydrogen-bond donors (Lipinski definition) is 1. The summed E-state index contributed by atoms with van der Waals surface area (Å²) >= 11 is 0. The van der Waals surface area contributed by atoms with E-state index in [1.807, 2.05) is 13.2 Å². The fraction of sp³-hybridized carbons (Fsp3) is 0.583. The predicted octanol–water partition coefficient (Wildman–Crippen LogP) is 2.21. The third kappa shape index (κ3) is 2.38. The molecule has 2 heterocycles. The van der Waals surface area contributed by atoms with Crippen molar-refractivity contribution in [2.45, 2.75) is 26.7 Å². The lowest BCUT2D eigenvalue weighted by molar-refractivity contribution is 0.518. The highest BCUT2D eigenvalue weighted by Gasteiger charge is 2.09. The van der Waals surface area contributed by atoms with Crippen molar-refractivity contribution in [3.8, 4) is 0 Å². The second-order valence-electron chi connectivity index (χ2n) is 4.29. The topological polar surface area (TPSA) is 55.6 Å². The monoisotopic (exact) mass is 233 g/mol. The van der Waals surface area contributed by atoms with Crippen LogP contribution in [0.5, 0.6) is 0 Å². The summed E-state index contributed by atoms with van der Waals surface area (Å²) in [4.78, 5) is 8.50. The van der Waals surface area contributed by atoms with Crippen molar-refractivity contribution < 1.29 is 0 Å². The Morgan fingerprint density at radius 2 is 2.06 bits per heavy atom. The molecule has 1 N–H and O–H groups in total. The molecule has 0 unspecified atom stereocenters. The molecular weight excluding hydrogens is 214 g/mol. The largest absolute Gasteiger partial charge is 0.369 e. The van der Waals surface area contributed by atoms with Gasteiger partial charge in [0.25, 0.3) is 0 Å². The highest BCUT2D eigenvalue weighted by molar-refractivity contribution is 5.85. The van der Waals surface area contributed by atoms with Crippen LogP contribution in [0.2, 0.25) is 0 Å². The molecule has 0 amide bonds. The zero-order valence-corrected chi connectivity index (χ0v) is 10.6. The van der Waals surface area contributed by atoms with E-state index in [2.05, 4.69) is 34.2 Å². The number of fused-ring (bicyclic) bond motifs is 1. The standard InChI is InChI=1S/C12H19N5/c1-4-9(5-2)6-13-11-10-7-16-17(3)12(10)15-8-14-11/h7-9H,4-6H2,1-3H3,(H,13,14,15). The third-order valence-electron chi connectivity index (χ3n) is 3.24. The van der Waals surface area contributed by atoms with Crippen LogP contribution < -0.4 is 5.32 Å². The first kappa shape index (κ1) is 11.8. The normalized spacial score (nSPS) is 11.3. The lowest BCUT2D eigenvalue weighted by Gasteiger charge is -2.13. The van der Waals surface area contributed by atoms with Crippen molar-refractivity contribution in [3.63, 3.8) is 0 Å². The van der Waals surface area contributed by atoms with Crippen LogP contribution in [0.4, 0.5) is 5.82 Å². The molecule has 92 valence electrons. The van der Waals surface area contributed by atoms with Gasteiger partial charge in [-0.25, -0.2) is 9.97 Å². The van der Waals surface area contributed by atoms with E-state index in [-0.39, 0.29) is 0 Å². The maximum atomic E-state index is 4.29. The summed E-state index contributed by atoms with van der Waals surface area (Å²) in [6.07, 6.45) is 5.76. The molecule has 0 aliphatic heterocycles. The van der Waals surface area contributed by atoms with E-state index in [1.54, 1.807) is 11.0 Å². The quantitative estimate of drug-likeness (QED) is 0.860. The fourth-order valence-corrected chi connectivity index (χ4v) is 1.92. The molecule has 5 nitrogen and oxygen atoms in total. The number of anilines is 1. The van der Waals surface area contributed by atoms with Gasteiger partial charge in [-0.2, -0.15) is 5.10 Å². The molecule has 0 bridgehead atoms. The molecule has 2 aromatic rings. The van der Waals surface area contributed by atoms with Gasteiger partial charge in [0.1, 0.15) is 12.1 Å². The number of aryl methyl sites for hydroxylation is 1. The van der Waals surface area contributed by atoms with Gasteiger partial charge in [0.2, 0.25) is 0 Å². The van der Waals surface area contributed by atoms with Crippen LogP contribution in [-0.2, 0) is 7.05 Å². The number of hydrogen-bond acceptors (Lipinski definition) is 4. The molecular formula is C12H19N5. The van der Waals surface area contributed by atoms with Crippen LogP contribution in [0.15, 0.2) is 12.5 Å². The van der Waals surface area contributed by atoms with Crippen molar-refractivity contribution in [3.05, 3.63) is 12.5 Å². The minimum absolute atomic E-state index is 0.691. The van der Waals surface area contributed by atoms with Crippen LogP contribution in [0.3, 0.4) is 0 Å². The van der Waals surface area contributed by atoms with Gasteiger partial charge in [0, 0.05) is 13.6 Å². The van der Waals surface area contributed by atoms with Crippen molar-refractivity contribution in [2.75, 3.05) is 11.9 Å². The Hall–Kier alpha value is -1.65. The van der Waals surface area contributed by atoms with E-state index in [4.69, 9.17) is 0 Å². The highest BCUT2D eigenvalue weighted by Crippen LogP contribution is 2.18. The molecule has 0 saturated heterocycles. The van der Waals surface area contributed by atoms with E-state index < -0.39 is 0 Å². The average Bonchev–Trinajstić information content (AvgIpc) is 2.73. The Balaban J connectivity index is 2.18. The Labute approximate surface area is 101 Å². The second kappa shape index (κ2) is 5.12. The minimum Gasteiger partial charge on any atom is -0.369 e. The van der Waals surface area contributed by atoms with Gasteiger partial charge in [0.15, 0.2) is 5.65 Å². The molecule has 0 atom stereocenters. The Kier molecular flexibility index (Phi) is 3.56. The molecule has 0 fully saturated rings. The zero-order valence-electron chi connectivity index (χ0n) is 10.6. The Bertz CT molecular complexity index is 487. The first-order valence-corrected chi connectivity index (χ1v) is 6.12. The Morgan fingerprint density at radius 3 is 2.76 bits per heavy atom. The van der Waals surface area contributed by atoms with Crippen molar-refractivity contribution >= 4 is 16.9 Å². The number of nitrogens with one attached hydrogen (secondary N) is 1. The van der Waals surface area contributed by atoms with Gasteiger partial charge in [-0.3, -0.25) is 4.68 Å². The summed E-state index contributed by atoms with van der Waals surface area (Å²) in [7, 11) is 1.89. The van der Waals surface area contributed by atoms with E-state index in [0.717, 1.165) is 23.4 Å². The summed E-state index contributed by atoms with van der Waals surface area (Å²) in [6, 6.07) is 0. The van der Waals surface area contributed by atoms with Gasteiger partial charge >= 0.3 is 0 Å². The lowest BCUT2D eigenvalue weighted by atomic mass is 10.0. The summed E-state index contributed by atoms with van der Waals surface area (Å²) in [5.41, 5.74) is 0.868. The van der Waals surface area contributed by atoms with Gasteiger partial charge < -0.3 is 5.32 Å². The molecule has 0 aliphatic carbocycles. The lowest BCUT2D eigenvalue weighted by Crippen LogP contribution is -2.13. The molecule has 5 heteroatoms. The van der Waals surface area contributed by atoms with E-state index in [9.17, 15) is 0 Å². The summed E-state index contributed by atoms with van der Waals surface area (Å²) in [5, 5.41) is 8.58. The van der Waals surface area contributed by atoms with Crippen LogP contribution >= 0.6 is 0 Å². The second-order valence-corrected chi connectivity index (χ2v) is 4.29. The van der Waals surface area contributed by atoms with E-state index in [1.165, 1.54) is 12.8 Å². The molecule has 0 radical (unpaired) electrons. The molecule has 0 spiro atoms. The smallest absolute Gasteiger partial charge is 0.163 e. The molecule has 0 aromatic carbocycles. The van der Waals surface area contributed by atoms with Crippen LogP contribution in [0, 0.1) is 5.92 Å². The summed E-state index contributed by atoms with van der Waals surface area (Å²) in [6.45, 7) is 5.39. The van der Waals surface area contributed by atoms with Gasteiger partial charge in [0.05, 0.1) is 11.6 Å². The highest BCUT2D eigenvalue weighted by atomic mass is 15.3. The number of rotatable bonds is 5. The van der Waals surface area contributed by atoms with Gasteiger partial charge in [-0.15, -0.1) is 0 Å². The SMILES string of the molecule is CCC(CC)CNc1ncnc2c1cnn2C. The van der Waals surface area contributed by atoms with Gasteiger partial charge in [-0.05, 0) is 5.92 Å². The predicted molar refractivity (Wildman–Crippen MR) is 68.9 cm³/mol. The maximum absolute atomic E-state index is 4.29. The number of nitrogens with zero attached hydrogens (tertiary/aromatic N) is 4. The molecule has 17 heavy (non-hydrogen) atoms. The molecule has 2 rings (SSSR count). The molecule has 2 aromatic heterocycles. The molecule has 0 aliphatic rings. The fourth-order valence-electron chi connectivity index (χ4n) is 1.92. The van der Waals surface area contributed by atoms with Crippen molar-refractivity contribution in [1.82, 2.24) is 19.7 Å².